The van der Waals surface area contributed by atoms with Crippen molar-refractivity contribution < 1.29 is 9.52 Å². The lowest BCUT2D eigenvalue weighted by Gasteiger charge is -2.00. The van der Waals surface area contributed by atoms with Gasteiger partial charge in [0.2, 0.25) is 0 Å². The Bertz CT molecular complexity index is 711. The summed E-state index contributed by atoms with van der Waals surface area (Å²) >= 11 is 5.87. The summed E-state index contributed by atoms with van der Waals surface area (Å²) in [4.78, 5) is 0. The van der Waals surface area contributed by atoms with Crippen LogP contribution in [0.2, 0.25) is 5.02 Å². The number of fused-ring (bicyclic) bond motifs is 1. The second-order valence-electron chi connectivity index (χ2n) is 4.29. The van der Waals surface area contributed by atoms with E-state index in [0.717, 1.165) is 16.5 Å². The molecule has 0 bridgehead atoms. The highest BCUT2D eigenvalue weighted by molar-refractivity contribution is 6.30. The standard InChI is InChI=1S/C15H11ClO2/c1-9-2-7-13-12(8-9)14(15(17)18-13)10-3-5-11(16)6-4-10/h2-8,17H,1H3. The molecular weight excluding hydrogens is 248 g/mol. The van der Waals surface area contributed by atoms with Crippen LogP contribution in [-0.4, -0.2) is 5.11 Å². The highest BCUT2D eigenvalue weighted by Crippen LogP contribution is 2.39. The number of benzene rings is 2. The quantitative estimate of drug-likeness (QED) is 0.682. The van der Waals surface area contributed by atoms with Gasteiger partial charge in [-0.1, -0.05) is 35.4 Å². The minimum atomic E-state index is -0.0575. The van der Waals surface area contributed by atoms with Gasteiger partial charge in [0.05, 0.1) is 5.56 Å². The molecule has 0 fully saturated rings. The average Bonchev–Trinajstić information content (AvgIpc) is 2.66. The van der Waals surface area contributed by atoms with Gasteiger partial charge >= 0.3 is 0 Å². The van der Waals surface area contributed by atoms with Crippen molar-refractivity contribution >= 4 is 22.6 Å². The molecule has 0 amide bonds. The molecule has 1 heterocycles. The van der Waals surface area contributed by atoms with Gasteiger partial charge in [-0.3, -0.25) is 0 Å². The predicted molar refractivity (Wildman–Crippen MR) is 73.1 cm³/mol. The molecule has 2 nitrogen and oxygen atoms in total. The van der Waals surface area contributed by atoms with E-state index in [-0.39, 0.29) is 5.95 Å². The number of hydrogen-bond donors (Lipinski definition) is 1. The molecule has 3 heteroatoms. The van der Waals surface area contributed by atoms with Gasteiger partial charge < -0.3 is 9.52 Å². The molecule has 0 radical (unpaired) electrons. The van der Waals surface area contributed by atoms with Crippen molar-refractivity contribution in [2.75, 3.05) is 0 Å². The van der Waals surface area contributed by atoms with Gasteiger partial charge in [-0.05, 0) is 36.8 Å². The van der Waals surface area contributed by atoms with E-state index in [1.165, 1.54) is 0 Å². The van der Waals surface area contributed by atoms with Crippen LogP contribution in [0.25, 0.3) is 22.1 Å². The van der Waals surface area contributed by atoms with Crippen molar-refractivity contribution in [3.63, 3.8) is 0 Å². The monoisotopic (exact) mass is 258 g/mol. The highest BCUT2D eigenvalue weighted by atomic mass is 35.5. The van der Waals surface area contributed by atoms with Crippen LogP contribution in [0.1, 0.15) is 5.56 Å². The van der Waals surface area contributed by atoms with Gasteiger partial charge in [-0.25, -0.2) is 0 Å². The first-order valence-corrected chi connectivity index (χ1v) is 6.01. The normalized spacial score (nSPS) is 11.0. The molecular formula is C15H11ClO2. The van der Waals surface area contributed by atoms with Crippen LogP contribution in [0.5, 0.6) is 5.95 Å². The maximum Gasteiger partial charge on any atom is 0.291 e. The summed E-state index contributed by atoms with van der Waals surface area (Å²) in [5, 5.41) is 11.5. The molecule has 1 N–H and O–H groups in total. The van der Waals surface area contributed by atoms with Crippen molar-refractivity contribution in [3.8, 4) is 17.1 Å². The zero-order valence-electron chi connectivity index (χ0n) is 9.77. The molecule has 3 rings (SSSR count). The van der Waals surface area contributed by atoms with E-state index in [2.05, 4.69) is 0 Å². The Hall–Kier alpha value is -1.93. The fraction of sp³-hybridized carbons (Fsp3) is 0.0667. The summed E-state index contributed by atoms with van der Waals surface area (Å²) < 4.78 is 5.36. The van der Waals surface area contributed by atoms with E-state index in [0.29, 0.717) is 16.2 Å². The first-order chi connectivity index (χ1) is 8.65. The summed E-state index contributed by atoms with van der Waals surface area (Å²) in [6.45, 7) is 2.01. The number of hydrogen-bond acceptors (Lipinski definition) is 2. The van der Waals surface area contributed by atoms with E-state index >= 15 is 0 Å². The molecule has 0 aliphatic rings. The Morgan fingerprint density at radius 1 is 1.06 bits per heavy atom. The molecule has 0 atom stereocenters. The van der Waals surface area contributed by atoms with Crippen LogP contribution < -0.4 is 0 Å². The van der Waals surface area contributed by atoms with E-state index in [9.17, 15) is 5.11 Å². The van der Waals surface area contributed by atoms with E-state index in [4.69, 9.17) is 16.0 Å². The van der Waals surface area contributed by atoms with Crippen molar-refractivity contribution in [2.24, 2.45) is 0 Å². The average molecular weight is 259 g/mol. The fourth-order valence-corrected chi connectivity index (χ4v) is 2.22. The Morgan fingerprint density at radius 3 is 2.50 bits per heavy atom. The van der Waals surface area contributed by atoms with Crippen LogP contribution in [0.15, 0.2) is 46.9 Å². The molecule has 0 unspecified atom stereocenters. The third kappa shape index (κ3) is 1.75. The maximum atomic E-state index is 9.95. The van der Waals surface area contributed by atoms with Crippen molar-refractivity contribution in [1.82, 2.24) is 0 Å². The van der Waals surface area contributed by atoms with Crippen LogP contribution in [0.3, 0.4) is 0 Å². The Morgan fingerprint density at radius 2 is 1.78 bits per heavy atom. The number of aromatic hydroxyl groups is 1. The number of rotatable bonds is 1. The van der Waals surface area contributed by atoms with Crippen molar-refractivity contribution in [2.45, 2.75) is 6.92 Å². The van der Waals surface area contributed by atoms with Gasteiger partial charge in [0, 0.05) is 10.4 Å². The highest BCUT2D eigenvalue weighted by Gasteiger charge is 2.15. The van der Waals surface area contributed by atoms with Crippen molar-refractivity contribution in [3.05, 3.63) is 53.1 Å². The molecule has 2 aromatic carbocycles. The Labute approximate surface area is 109 Å². The summed E-state index contributed by atoms with van der Waals surface area (Å²) in [6, 6.07) is 13.2. The molecule has 0 saturated heterocycles. The van der Waals surface area contributed by atoms with Crippen LogP contribution in [0, 0.1) is 6.92 Å². The maximum absolute atomic E-state index is 9.95. The van der Waals surface area contributed by atoms with E-state index < -0.39 is 0 Å². The number of aryl methyl sites for hydroxylation is 1. The van der Waals surface area contributed by atoms with Crippen molar-refractivity contribution in [1.29, 1.82) is 0 Å². The van der Waals surface area contributed by atoms with E-state index in [1.54, 1.807) is 12.1 Å². The lowest BCUT2D eigenvalue weighted by atomic mass is 10.0. The fourth-order valence-electron chi connectivity index (χ4n) is 2.09. The van der Waals surface area contributed by atoms with E-state index in [1.807, 2.05) is 37.3 Å². The number of halogens is 1. The molecule has 0 aliphatic carbocycles. The largest absolute Gasteiger partial charge is 0.480 e. The second-order valence-corrected chi connectivity index (χ2v) is 4.73. The zero-order chi connectivity index (χ0) is 12.7. The number of furan rings is 1. The minimum Gasteiger partial charge on any atom is -0.480 e. The topological polar surface area (TPSA) is 33.4 Å². The molecule has 90 valence electrons. The van der Waals surface area contributed by atoms with Crippen LogP contribution >= 0.6 is 11.6 Å². The summed E-state index contributed by atoms with van der Waals surface area (Å²) in [5.74, 6) is -0.0575. The van der Waals surface area contributed by atoms with Crippen LogP contribution in [-0.2, 0) is 0 Å². The second kappa shape index (κ2) is 4.07. The zero-order valence-corrected chi connectivity index (χ0v) is 10.5. The first-order valence-electron chi connectivity index (χ1n) is 5.63. The molecule has 1 aromatic heterocycles. The lowest BCUT2D eigenvalue weighted by Crippen LogP contribution is -1.77. The van der Waals surface area contributed by atoms with Crippen LogP contribution in [0.4, 0.5) is 0 Å². The summed E-state index contributed by atoms with van der Waals surface area (Å²) in [5.41, 5.74) is 3.41. The smallest absolute Gasteiger partial charge is 0.291 e. The SMILES string of the molecule is Cc1ccc2oc(O)c(-c3ccc(Cl)cc3)c2c1. The summed E-state index contributed by atoms with van der Waals surface area (Å²) in [6.07, 6.45) is 0. The molecule has 0 aliphatic heterocycles. The van der Waals surface area contributed by atoms with Gasteiger partial charge in [-0.2, -0.15) is 0 Å². The Balaban J connectivity index is 2.30. The molecule has 0 saturated carbocycles. The molecule has 0 spiro atoms. The molecule has 3 aromatic rings. The third-order valence-electron chi connectivity index (χ3n) is 2.96. The summed E-state index contributed by atoms with van der Waals surface area (Å²) in [7, 11) is 0. The van der Waals surface area contributed by atoms with Gasteiger partial charge in [0.15, 0.2) is 0 Å². The first kappa shape index (κ1) is 11.2. The Kier molecular flexibility index (Phi) is 2.53. The molecule has 18 heavy (non-hydrogen) atoms. The predicted octanol–water partition coefficient (Wildman–Crippen LogP) is 4.77. The third-order valence-corrected chi connectivity index (χ3v) is 3.21. The minimum absolute atomic E-state index is 0.0575. The van der Waals surface area contributed by atoms with Gasteiger partial charge in [0.25, 0.3) is 5.95 Å². The van der Waals surface area contributed by atoms with Gasteiger partial charge in [0.1, 0.15) is 5.58 Å². The lowest BCUT2D eigenvalue weighted by molar-refractivity contribution is 0.348. The van der Waals surface area contributed by atoms with Gasteiger partial charge in [-0.15, -0.1) is 0 Å².